The molecule has 0 saturated carbocycles. The van der Waals surface area contributed by atoms with Crippen LogP contribution < -0.4 is 10.1 Å². The second kappa shape index (κ2) is 9.56. The highest BCUT2D eigenvalue weighted by molar-refractivity contribution is 7.89. The molecule has 0 bridgehead atoms. The molecule has 1 fully saturated rings. The number of nitrogens with zero attached hydrogens (tertiary/aromatic N) is 2. The lowest BCUT2D eigenvalue weighted by atomic mass is 10.3. The third-order valence-corrected chi connectivity index (χ3v) is 6.67. The molecular formula is C18H17ClFN3O7S. The number of sulfonamides is 1. The zero-order valence-electron chi connectivity index (χ0n) is 15.9. The largest absolute Gasteiger partial charge is 0.481 e. The molecule has 3 rings (SSSR count). The molecule has 0 radical (unpaired) electrons. The first-order valence-electron chi connectivity index (χ1n) is 8.92. The minimum absolute atomic E-state index is 0.00584. The van der Waals surface area contributed by atoms with E-state index < -0.39 is 39.0 Å². The molecule has 0 atom stereocenters. The van der Waals surface area contributed by atoms with Gasteiger partial charge in [0.1, 0.15) is 4.90 Å². The Balaban J connectivity index is 1.68. The van der Waals surface area contributed by atoms with Crippen molar-refractivity contribution in [3.63, 3.8) is 0 Å². The van der Waals surface area contributed by atoms with Gasteiger partial charge in [-0.1, -0.05) is 11.6 Å². The van der Waals surface area contributed by atoms with E-state index in [-0.39, 0.29) is 47.7 Å². The number of morpholine rings is 1. The molecule has 0 unspecified atom stereocenters. The van der Waals surface area contributed by atoms with Crippen LogP contribution in [0.3, 0.4) is 0 Å². The fourth-order valence-corrected chi connectivity index (χ4v) is 4.67. The number of anilines is 1. The van der Waals surface area contributed by atoms with Gasteiger partial charge in [-0.25, -0.2) is 12.8 Å². The van der Waals surface area contributed by atoms with Crippen molar-refractivity contribution in [3.05, 3.63) is 57.4 Å². The van der Waals surface area contributed by atoms with Crippen molar-refractivity contribution in [1.82, 2.24) is 4.31 Å². The van der Waals surface area contributed by atoms with E-state index in [4.69, 9.17) is 21.1 Å². The van der Waals surface area contributed by atoms with E-state index in [0.717, 1.165) is 12.1 Å². The lowest BCUT2D eigenvalue weighted by Crippen LogP contribution is -2.40. The molecule has 13 heteroatoms. The van der Waals surface area contributed by atoms with Gasteiger partial charge in [0.2, 0.25) is 10.0 Å². The van der Waals surface area contributed by atoms with E-state index in [1.165, 1.54) is 22.5 Å². The number of hydrogen-bond donors (Lipinski definition) is 1. The van der Waals surface area contributed by atoms with Crippen LogP contribution in [-0.4, -0.2) is 56.5 Å². The van der Waals surface area contributed by atoms with Crippen molar-refractivity contribution < 1.29 is 32.0 Å². The normalized spacial score (nSPS) is 14.8. The van der Waals surface area contributed by atoms with Crippen LogP contribution in [0.5, 0.6) is 5.75 Å². The molecule has 2 aromatic carbocycles. The van der Waals surface area contributed by atoms with Crippen LogP contribution in [0.4, 0.5) is 15.8 Å². The summed E-state index contributed by atoms with van der Waals surface area (Å²) >= 11 is 6.07. The Kier molecular flexibility index (Phi) is 7.05. The summed E-state index contributed by atoms with van der Waals surface area (Å²) in [6.07, 6.45) is 0. The second-order valence-electron chi connectivity index (χ2n) is 6.37. The monoisotopic (exact) mass is 473 g/mol. The van der Waals surface area contributed by atoms with Crippen LogP contribution >= 0.6 is 11.6 Å². The maximum absolute atomic E-state index is 13.8. The van der Waals surface area contributed by atoms with Crippen LogP contribution in [0.1, 0.15) is 0 Å². The number of nitro benzene ring substituents is 1. The van der Waals surface area contributed by atoms with Gasteiger partial charge in [0.25, 0.3) is 11.6 Å². The van der Waals surface area contributed by atoms with Crippen molar-refractivity contribution >= 4 is 38.9 Å². The summed E-state index contributed by atoms with van der Waals surface area (Å²) in [5.74, 6) is -2.03. The molecule has 1 saturated heterocycles. The standard InChI is InChI=1S/C18H17ClFN3O7S/c19-14-3-1-12(9-17(14)31(27,28)22-5-7-29-8-6-22)21-18(24)11-30-16-4-2-13(23(25)26)10-15(16)20/h1-4,9-10H,5-8,11H2,(H,21,24). The summed E-state index contributed by atoms with van der Waals surface area (Å²) in [7, 11) is -3.89. The Morgan fingerprint density at radius 1 is 1.26 bits per heavy atom. The van der Waals surface area contributed by atoms with Gasteiger partial charge in [-0.05, 0) is 24.3 Å². The van der Waals surface area contributed by atoms with E-state index in [1.54, 1.807) is 0 Å². The molecule has 1 aliphatic rings. The highest BCUT2D eigenvalue weighted by Crippen LogP contribution is 2.28. The number of halogens is 2. The summed E-state index contributed by atoms with van der Waals surface area (Å²) < 4.78 is 50.9. The van der Waals surface area contributed by atoms with Crippen molar-refractivity contribution in [1.29, 1.82) is 0 Å². The number of carbonyl (C=O) groups is 1. The number of carbonyl (C=O) groups excluding carboxylic acids is 1. The fourth-order valence-electron chi connectivity index (χ4n) is 2.77. The third-order valence-electron chi connectivity index (χ3n) is 4.29. The Morgan fingerprint density at radius 2 is 1.97 bits per heavy atom. The Labute approximate surface area is 181 Å². The summed E-state index contributed by atoms with van der Waals surface area (Å²) in [5.41, 5.74) is -0.307. The molecule has 1 heterocycles. The average molecular weight is 474 g/mol. The molecular weight excluding hydrogens is 457 g/mol. The van der Waals surface area contributed by atoms with Crippen LogP contribution in [-0.2, 0) is 19.6 Å². The van der Waals surface area contributed by atoms with Crippen LogP contribution in [0.15, 0.2) is 41.3 Å². The van der Waals surface area contributed by atoms with E-state index in [0.29, 0.717) is 6.07 Å². The molecule has 0 spiro atoms. The summed E-state index contributed by atoms with van der Waals surface area (Å²) in [4.78, 5) is 21.8. The first kappa shape index (κ1) is 22.9. The third kappa shape index (κ3) is 5.47. The van der Waals surface area contributed by atoms with Gasteiger partial charge < -0.3 is 14.8 Å². The molecule has 1 N–H and O–H groups in total. The van der Waals surface area contributed by atoms with Crippen LogP contribution in [0.25, 0.3) is 0 Å². The lowest BCUT2D eigenvalue weighted by molar-refractivity contribution is -0.385. The quantitative estimate of drug-likeness (QED) is 0.483. The van der Waals surface area contributed by atoms with Gasteiger partial charge in [0, 0.05) is 24.8 Å². The van der Waals surface area contributed by atoms with Gasteiger partial charge in [0.05, 0.1) is 29.2 Å². The number of nitrogens with one attached hydrogen (secondary N) is 1. The number of benzene rings is 2. The number of hydrogen-bond acceptors (Lipinski definition) is 7. The van der Waals surface area contributed by atoms with Gasteiger partial charge in [-0.3, -0.25) is 14.9 Å². The van der Waals surface area contributed by atoms with Crippen LogP contribution in [0.2, 0.25) is 5.02 Å². The molecule has 1 aliphatic heterocycles. The van der Waals surface area contributed by atoms with Crippen molar-refractivity contribution in [2.24, 2.45) is 0 Å². The highest BCUT2D eigenvalue weighted by atomic mass is 35.5. The van der Waals surface area contributed by atoms with Crippen molar-refractivity contribution in [3.8, 4) is 5.75 Å². The highest BCUT2D eigenvalue weighted by Gasteiger charge is 2.28. The number of rotatable bonds is 7. The van der Waals surface area contributed by atoms with Crippen molar-refractivity contribution in [2.45, 2.75) is 4.90 Å². The van der Waals surface area contributed by atoms with Gasteiger partial charge in [-0.15, -0.1) is 0 Å². The maximum atomic E-state index is 13.8. The minimum Gasteiger partial charge on any atom is -0.481 e. The predicted octanol–water partition coefficient (Wildman–Crippen LogP) is 2.43. The fraction of sp³-hybridized carbons (Fsp3) is 0.278. The van der Waals surface area contributed by atoms with E-state index in [2.05, 4.69) is 5.32 Å². The molecule has 2 aromatic rings. The minimum atomic E-state index is -3.89. The second-order valence-corrected chi connectivity index (χ2v) is 8.68. The smallest absolute Gasteiger partial charge is 0.272 e. The number of non-ortho nitro benzene ring substituents is 1. The Hall–Kier alpha value is -2.80. The SMILES string of the molecule is O=C(COc1ccc([N+](=O)[O-])cc1F)Nc1ccc(Cl)c(S(=O)(=O)N2CCOCC2)c1. The van der Waals surface area contributed by atoms with Gasteiger partial charge in [0.15, 0.2) is 18.2 Å². The average Bonchev–Trinajstić information content (AvgIpc) is 2.74. The lowest BCUT2D eigenvalue weighted by Gasteiger charge is -2.26. The number of amides is 1. The van der Waals surface area contributed by atoms with Crippen molar-refractivity contribution in [2.75, 3.05) is 38.2 Å². The Bertz CT molecular complexity index is 1110. The number of nitro groups is 1. The van der Waals surface area contributed by atoms with E-state index in [1.807, 2.05) is 0 Å². The summed E-state index contributed by atoms with van der Waals surface area (Å²) in [5, 5.41) is 13.1. The molecule has 10 nitrogen and oxygen atoms in total. The molecule has 31 heavy (non-hydrogen) atoms. The van der Waals surface area contributed by atoms with Crippen LogP contribution in [0, 0.1) is 15.9 Å². The zero-order valence-corrected chi connectivity index (χ0v) is 17.5. The zero-order chi connectivity index (χ0) is 22.6. The van der Waals surface area contributed by atoms with E-state index in [9.17, 15) is 27.7 Å². The topological polar surface area (TPSA) is 128 Å². The van der Waals surface area contributed by atoms with Gasteiger partial charge >= 0.3 is 0 Å². The molecule has 1 amide bonds. The maximum Gasteiger partial charge on any atom is 0.272 e. The summed E-state index contributed by atoms with van der Waals surface area (Å²) in [6.45, 7) is 0.296. The first-order chi connectivity index (χ1) is 14.7. The van der Waals surface area contributed by atoms with Gasteiger partial charge in [-0.2, -0.15) is 4.31 Å². The predicted molar refractivity (Wildman–Crippen MR) is 108 cm³/mol. The first-order valence-corrected chi connectivity index (χ1v) is 10.7. The van der Waals surface area contributed by atoms with E-state index >= 15 is 0 Å². The molecule has 0 aromatic heterocycles. The summed E-state index contributed by atoms with van der Waals surface area (Å²) in [6, 6.07) is 6.72. The number of ether oxygens (including phenoxy) is 2. The molecule has 0 aliphatic carbocycles. The molecule has 166 valence electrons. The Morgan fingerprint density at radius 3 is 2.61 bits per heavy atom.